The summed E-state index contributed by atoms with van der Waals surface area (Å²) < 4.78 is 28.3. The van der Waals surface area contributed by atoms with Crippen molar-refractivity contribution in [2.75, 3.05) is 13.2 Å². The van der Waals surface area contributed by atoms with E-state index in [0.29, 0.717) is 19.3 Å². The molecule has 1 heterocycles. The van der Waals surface area contributed by atoms with Gasteiger partial charge in [-0.1, -0.05) is 6.92 Å². The molecule has 0 aromatic carbocycles. The average molecular weight is 607 g/mol. The van der Waals surface area contributed by atoms with Crippen molar-refractivity contribution in [1.29, 1.82) is 0 Å². The number of cyclic esters (lactones) is 1. The molecule has 0 unspecified atom stereocenters. The summed E-state index contributed by atoms with van der Waals surface area (Å²) in [5, 5.41) is 25.4. The predicted molar refractivity (Wildman–Crippen MR) is 146 cm³/mol. The van der Waals surface area contributed by atoms with Gasteiger partial charge in [0.15, 0.2) is 0 Å². The number of rotatable bonds is 6. The molecule has 5 aliphatic rings. The fourth-order valence-corrected chi connectivity index (χ4v) is 9.80. The third-order valence-corrected chi connectivity index (χ3v) is 11.2. The van der Waals surface area contributed by atoms with E-state index in [4.69, 9.17) is 23.7 Å². The summed E-state index contributed by atoms with van der Waals surface area (Å²) in [5.41, 5.74) is -4.58. The van der Waals surface area contributed by atoms with Crippen molar-refractivity contribution in [2.24, 2.45) is 28.6 Å². The van der Waals surface area contributed by atoms with E-state index < -0.39 is 82.0 Å². The lowest BCUT2D eigenvalue weighted by molar-refractivity contribution is -0.320. The van der Waals surface area contributed by atoms with Crippen LogP contribution in [0.1, 0.15) is 79.6 Å². The number of ether oxygens (including phenoxy) is 5. The van der Waals surface area contributed by atoms with E-state index in [1.54, 1.807) is 0 Å². The Morgan fingerprint density at radius 2 is 1.60 bits per heavy atom. The summed E-state index contributed by atoms with van der Waals surface area (Å²) in [6.07, 6.45) is 0.250. The van der Waals surface area contributed by atoms with Crippen molar-refractivity contribution in [3.8, 4) is 0 Å². The topological polar surface area (TPSA) is 172 Å². The van der Waals surface area contributed by atoms with Gasteiger partial charge in [0, 0.05) is 57.9 Å². The first-order valence-electron chi connectivity index (χ1n) is 15.0. The van der Waals surface area contributed by atoms with Gasteiger partial charge in [-0.2, -0.15) is 0 Å². The molecule has 0 bridgehead atoms. The van der Waals surface area contributed by atoms with Crippen LogP contribution in [0.2, 0.25) is 0 Å². The van der Waals surface area contributed by atoms with E-state index in [9.17, 15) is 34.2 Å². The van der Waals surface area contributed by atoms with Crippen LogP contribution in [-0.2, 0) is 47.7 Å². The highest BCUT2D eigenvalue weighted by molar-refractivity contribution is 5.85. The Balaban J connectivity index is 1.68. The molecule has 0 radical (unpaired) electrons. The van der Waals surface area contributed by atoms with Crippen LogP contribution < -0.4 is 0 Å². The summed E-state index contributed by atoms with van der Waals surface area (Å²) in [5.74, 6) is -4.43. The van der Waals surface area contributed by atoms with Gasteiger partial charge >= 0.3 is 29.8 Å². The molecule has 0 aromatic rings. The van der Waals surface area contributed by atoms with Gasteiger partial charge in [0.2, 0.25) is 0 Å². The van der Waals surface area contributed by atoms with Crippen molar-refractivity contribution in [3.63, 3.8) is 0 Å². The number of fused-ring (bicyclic) bond motifs is 5. The summed E-state index contributed by atoms with van der Waals surface area (Å²) in [7, 11) is 0. The maximum absolute atomic E-state index is 12.8. The number of hydrogen-bond donors (Lipinski definition) is 2. The van der Waals surface area contributed by atoms with Gasteiger partial charge < -0.3 is 33.9 Å². The van der Waals surface area contributed by atoms with Gasteiger partial charge in [0.1, 0.15) is 31.5 Å². The maximum Gasteiger partial charge on any atom is 0.331 e. The highest BCUT2D eigenvalue weighted by Gasteiger charge is 2.77. The van der Waals surface area contributed by atoms with Crippen molar-refractivity contribution in [1.82, 2.24) is 0 Å². The zero-order chi connectivity index (χ0) is 31.5. The number of hydrogen-bond acceptors (Lipinski definition) is 12. The van der Waals surface area contributed by atoms with Gasteiger partial charge in [-0.15, -0.1) is 0 Å². The Kier molecular flexibility index (Phi) is 7.95. The second-order valence-corrected chi connectivity index (χ2v) is 13.4. The lowest BCUT2D eigenvalue weighted by Gasteiger charge is -2.68. The van der Waals surface area contributed by atoms with E-state index in [0.717, 1.165) is 5.57 Å². The summed E-state index contributed by atoms with van der Waals surface area (Å²) in [4.78, 5) is 61.4. The molecular weight excluding hydrogens is 564 g/mol. The highest BCUT2D eigenvalue weighted by Crippen LogP contribution is 2.71. The van der Waals surface area contributed by atoms with Crippen LogP contribution >= 0.6 is 0 Å². The summed E-state index contributed by atoms with van der Waals surface area (Å²) >= 11 is 0. The normalized spacial score (nSPS) is 43.2. The molecule has 4 aliphatic carbocycles. The fraction of sp³-hybridized carbons (Fsp3) is 0.774. The standard InChI is InChI=1S/C31H42O12/c1-16(32)40-15-30-25(43-19(4)35)11-21(41-17(2)33)12-29(30,37)8-6-23-27(30)24(42-18(3)34)13-28(5)22(7-9-31(23,28)38)20-10-26(36)39-14-20/h10,21-25,27,37-38H,6-9,11-15H2,1-5H3/t21-,22-,23+,24-,25+,27-,28+,29+,30+,31-/m1/s1. The molecule has 0 aromatic heterocycles. The molecule has 5 rings (SSSR count). The van der Waals surface area contributed by atoms with Gasteiger partial charge in [-0.25, -0.2) is 4.79 Å². The van der Waals surface area contributed by atoms with Crippen LogP contribution in [0.4, 0.5) is 0 Å². The molecule has 4 saturated carbocycles. The number of aliphatic hydroxyl groups is 2. The Labute approximate surface area is 250 Å². The van der Waals surface area contributed by atoms with E-state index in [1.165, 1.54) is 33.8 Å². The Hall–Kier alpha value is -2.99. The minimum absolute atomic E-state index is 0.0173. The molecule has 1 aliphatic heterocycles. The fourth-order valence-electron chi connectivity index (χ4n) is 9.80. The first-order chi connectivity index (χ1) is 20.1. The molecule has 43 heavy (non-hydrogen) atoms. The van der Waals surface area contributed by atoms with Gasteiger partial charge in [-0.3, -0.25) is 19.2 Å². The van der Waals surface area contributed by atoms with Gasteiger partial charge in [0.25, 0.3) is 0 Å². The van der Waals surface area contributed by atoms with E-state index in [-0.39, 0.29) is 44.8 Å². The SMILES string of the molecule is CC(=O)OC[C@]12[C@H]3[C@H](OC(C)=O)C[C@@]4(C)[C@@H](C5=CC(=O)OC5)CC[C@@]4(O)[C@H]3CC[C@]1(O)C[C@H](OC(C)=O)C[C@@H]2OC(C)=O. The Morgan fingerprint density at radius 3 is 2.19 bits per heavy atom. The molecule has 238 valence electrons. The van der Waals surface area contributed by atoms with E-state index in [2.05, 4.69) is 0 Å². The van der Waals surface area contributed by atoms with Crippen LogP contribution in [0.3, 0.4) is 0 Å². The minimum atomic E-state index is -1.68. The Bertz CT molecular complexity index is 1240. The van der Waals surface area contributed by atoms with Crippen LogP contribution in [0, 0.1) is 28.6 Å². The van der Waals surface area contributed by atoms with Crippen molar-refractivity contribution >= 4 is 29.8 Å². The summed E-state index contributed by atoms with van der Waals surface area (Å²) in [6.45, 7) is 6.70. The number of carbonyl (C=O) groups is 5. The lowest BCUT2D eigenvalue weighted by Crippen LogP contribution is -2.76. The molecular formula is C31H42O12. The van der Waals surface area contributed by atoms with Crippen molar-refractivity contribution in [2.45, 2.75) is 109 Å². The third kappa shape index (κ3) is 4.94. The summed E-state index contributed by atoms with van der Waals surface area (Å²) in [6, 6.07) is 0. The largest absolute Gasteiger partial charge is 0.465 e. The highest BCUT2D eigenvalue weighted by atomic mass is 16.6. The van der Waals surface area contributed by atoms with Crippen LogP contribution in [-0.4, -0.2) is 82.8 Å². The van der Waals surface area contributed by atoms with Crippen LogP contribution in [0.5, 0.6) is 0 Å². The maximum atomic E-state index is 12.8. The molecule has 0 amide bonds. The first-order valence-corrected chi connectivity index (χ1v) is 15.0. The first kappa shape index (κ1) is 31.4. The van der Waals surface area contributed by atoms with Crippen LogP contribution in [0.25, 0.3) is 0 Å². The second kappa shape index (κ2) is 10.9. The molecule has 10 atom stereocenters. The van der Waals surface area contributed by atoms with Crippen molar-refractivity contribution in [3.05, 3.63) is 11.6 Å². The molecule has 0 spiro atoms. The zero-order valence-corrected chi connectivity index (χ0v) is 25.4. The molecule has 0 saturated heterocycles. The molecule has 2 N–H and O–H groups in total. The number of esters is 5. The molecule has 12 heteroatoms. The van der Waals surface area contributed by atoms with E-state index >= 15 is 0 Å². The number of carbonyl (C=O) groups excluding carboxylic acids is 5. The average Bonchev–Trinajstić information content (AvgIpc) is 3.41. The van der Waals surface area contributed by atoms with Gasteiger partial charge in [-0.05, 0) is 49.5 Å². The quantitative estimate of drug-likeness (QED) is 0.333. The molecule has 12 nitrogen and oxygen atoms in total. The Morgan fingerprint density at radius 1 is 0.930 bits per heavy atom. The zero-order valence-electron chi connectivity index (χ0n) is 25.4. The minimum Gasteiger partial charge on any atom is -0.465 e. The van der Waals surface area contributed by atoms with Crippen molar-refractivity contribution < 1.29 is 57.9 Å². The van der Waals surface area contributed by atoms with E-state index in [1.807, 2.05) is 6.92 Å². The third-order valence-electron chi connectivity index (χ3n) is 11.2. The smallest absolute Gasteiger partial charge is 0.331 e. The second-order valence-electron chi connectivity index (χ2n) is 13.4. The van der Waals surface area contributed by atoms with Crippen LogP contribution in [0.15, 0.2) is 11.6 Å². The predicted octanol–water partition coefficient (Wildman–Crippen LogP) is 1.92. The lowest BCUT2D eigenvalue weighted by atomic mass is 9.40. The monoisotopic (exact) mass is 606 g/mol. The van der Waals surface area contributed by atoms with Gasteiger partial charge in [0.05, 0.1) is 16.6 Å². The molecule has 4 fully saturated rings.